The summed E-state index contributed by atoms with van der Waals surface area (Å²) in [6.07, 6.45) is 0. The second-order valence-electron chi connectivity index (χ2n) is 8.83. The molecule has 1 aliphatic heterocycles. The largest absolute Gasteiger partial charge is 0.274 e. The van der Waals surface area contributed by atoms with Gasteiger partial charge in [0.25, 0.3) is 20.2 Å². The third-order valence-corrected chi connectivity index (χ3v) is 8.06. The molecule has 1 unspecified atom stereocenters. The number of guanidine groups is 1. The molecule has 1 heterocycles. The summed E-state index contributed by atoms with van der Waals surface area (Å²) in [5.41, 5.74) is 2.14. The molecule has 3 aromatic carbocycles. The minimum Gasteiger partial charge on any atom is -0.249 e. The lowest BCUT2D eigenvalue weighted by atomic mass is 9.91. The highest BCUT2D eigenvalue weighted by molar-refractivity contribution is 7.90. The van der Waals surface area contributed by atoms with Gasteiger partial charge in [0.15, 0.2) is 0 Å². The van der Waals surface area contributed by atoms with Crippen LogP contribution in [0.3, 0.4) is 0 Å². The number of hydrogen-bond donors (Lipinski definition) is 3. The molecule has 0 radical (unpaired) electrons. The number of nitrogens with one attached hydrogen (secondary N) is 2. The molecule has 2 atom stereocenters. The summed E-state index contributed by atoms with van der Waals surface area (Å²) >= 11 is 5.91. The Bertz CT molecular complexity index is 1580. The van der Waals surface area contributed by atoms with E-state index in [4.69, 9.17) is 16.7 Å². The maximum Gasteiger partial charge on any atom is 0.274 e. The normalized spacial score (nSPS) is 17.1. The predicted octanol–water partition coefficient (Wildman–Crippen LogP) is 2.80. The fourth-order valence-corrected chi connectivity index (χ4v) is 5.75. The average molecular weight is 593 g/mol. The number of sulfonamides is 1. The fourth-order valence-electron chi connectivity index (χ4n) is 3.96. The van der Waals surface area contributed by atoms with Crippen LogP contribution < -0.4 is 14.6 Å². The molecule has 0 bridgehead atoms. The molecule has 1 aliphatic rings. The van der Waals surface area contributed by atoms with Gasteiger partial charge in [0.2, 0.25) is 5.96 Å². The molecule has 0 saturated heterocycles. The van der Waals surface area contributed by atoms with E-state index in [1.54, 1.807) is 12.1 Å². The monoisotopic (exact) mass is 592 g/mol. The minimum atomic E-state index is -4.13. The zero-order valence-corrected chi connectivity index (χ0v) is 23.1. The van der Waals surface area contributed by atoms with Gasteiger partial charge in [0.1, 0.15) is 5.82 Å². The number of rotatable bonds is 8. The van der Waals surface area contributed by atoms with E-state index < -0.39 is 32.1 Å². The van der Waals surface area contributed by atoms with Crippen molar-refractivity contribution in [1.82, 2.24) is 14.5 Å². The van der Waals surface area contributed by atoms with Gasteiger partial charge in [-0.2, -0.15) is 18.2 Å². The number of aliphatic imine (C=N–C) groups is 1. The number of halogens is 2. The third kappa shape index (κ3) is 7.61. The molecular formula is C25H26ClFN6O4S2. The van der Waals surface area contributed by atoms with Crippen molar-refractivity contribution in [3.8, 4) is 0 Å². The molecule has 0 fully saturated rings. The Kier molecular flexibility index (Phi) is 8.67. The number of hydrogen-bond acceptors (Lipinski definition) is 6. The summed E-state index contributed by atoms with van der Waals surface area (Å²) in [7, 11) is -8.14. The van der Waals surface area contributed by atoms with Crippen molar-refractivity contribution < 1.29 is 21.2 Å². The van der Waals surface area contributed by atoms with Crippen molar-refractivity contribution in [3.05, 3.63) is 101 Å². The van der Waals surface area contributed by atoms with Crippen molar-refractivity contribution in [3.63, 3.8) is 0 Å². The molecule has 14 heteroatoms. The second-order valence-corrected chi connectivity index (χ2v) is 12.3. The lowest BCUT2D eigenvalue weighted by Crippen LogP contribution is -2.43. The number of nitrogens with two attached hydrogens (primary N) is 1. The van der Waals surface area contributed by atoms with Crippen LogP contribution in [0.5, 0.6) is 0 Å². The van der Waals surface area contributed by atoms with Gasteiger partial charge >= 0.3 is 0 Å². The minimum absolute atomic E-state index is 0.0585. The Morgan fingerprint density at radius 1 is 1.08 bits per heavy atom. The van der Waals surface area contributed by atoms with Gasteiger partial charge < -0.3 is 0 Å². The standard InChI is InChI=1S/C25H26ClFN6O4S2/c1-17(31-39(28,36)37)15-29-25(32-38(34,35)22-13-9-20(26)10-14-22)33-16-23(18-5-3-2-4-6-18)24(30-33)19-7-11-21(27)12-8-19/h2-14,17,23,31H,15-16H2,1H3,(H,29,32)(H2,28,36,37)/t17?,23-/m1/s1. The maximum absolute atomic E-state index is 13.7. The van der Waals surface area contributed by atoms with E-state index in [0.29, 0.717) is 16.3 Å². The van der Waals surface area contributed by atoms with Gasteiger partial charge in [0, 0.05) is 17.0 Å². The molecule has 0 aliphatic carbocycles. The predicted molar refractivity (Wildman–Crippen MR) is 149 cm³/mol. The van der Waals surface area contributed by atoms with E-state index in [-0.39, 0.29) is 29.9 Å². The Morgan fingerprint density at radius 3 is 2.33 bits per heavy atom. The molecule has 0 spiro atoms. The first-order valence-corrected chi connectivity index (χ1v) is 15.1. The zero-order chi connectivity index (χ0) is 28.2. The van der Waals surface area contributed by atoms with Crippen molar-refractivity contribution in [1.29, 1.82) is 0 Å². The maximum atomic E-state index is 13.7. The second kappa shape index (κ2) is 11.8. The Hall–Kier alpha value is -3.36. The highest BCUT2D eigenvalue weighted by atomic mass is 35.5. The van der Waals surface area contributed by atoms with E-state index in [1.807, 2.05) is 30.3 Å². The number of benzene rings is 3. The lowest BCUT2D eigenvalue weighted by Gasteiger charge is -2.20. The van der Waals surface area contributed by atoms with Crippen molar-refractivity contribution in [2.45, 2.75) is 23.8 Å². The van der Waals surface area contributed by atoms with Gasteiger partial charge in [-0.15, -0.1) is 0 Å². The first-order valence-electron chi connectivity index (χ1n) is 11.7. The highest BCUT2D eigenvalue weighted by Gasteiger charge is 2.33. The summed E-state index contributed by atoms with van der Waals surface area (Å²) in [4.78, 5) is 4.31. The van der Waals surface area contributed by atoms with Gasteiger partial charge in [-0.1, -0.05) is 54.1 Å². The summed E-state index contributed by atoms with van der Waals surface area (Å²) in [6.45, 7) is 1.59. The number of hydrazone groups is 1. The van der Waals surface area contributed by atoms with Crippen LogP contribution in [0, 0.1) is 5.82 Å². The van der Waals surface area contributed by atoms with Crippen molar-refractivity contribution in [2.24, 2.45) is 15.2 Å². The molecule has 0 aromatic heterocycles. The van der Waals surface area contributed by atoms with Crippen LogP contribution in [0.25, 0.3) is 0 Å². The van der Waals surface area contributed by atoms with Gasteiger partial charge in [-0.05, 0) is 54.4 Å². The fraction of sp³-hybridized carbons (Fsp3) is 0.200. The van der Waals surface area contributed by atoms with Crippen molar-refractivity contribution >= 4 is 43.5 Å². The van der Waals surface area contributed by atoms with Crippen LogP contribution >= 0.6 is 11.6 Å². The highest BCUT2D eigenvalue weighted by Crippen LogP contribution is 2.29. The Labute approximate surface area is 231 Å². The molecule has 39 heavy (non-hydrogen) atoms. The van der Waals surface area contributed by atoms with Crippen LogP contribution in [-0.2, 0) is 20.2 Å². The molecular weight excluding hydrogens is 567 g/mol. The first kappa shape index (κ1) is 28.6. The van der Waals surface area contributed by atoms with Gasteiger partial charge in [-0.25, -0.2) is 32.7 Å². The van der Waals surface area contributed by atoms with Crippen LogP contribution in [0.15, 0.2) is 93.9 Å². The molecule has 4 rings (SSSR count). The summed E-state index contributed by atoms with van der Waals surface area (Å²) in [6, 6.07) is 20.1. The SMILES string of the molecule is CC(CN=C(NS(=O)(=O)c1ccc(Cl)cc1)N1C[C@H](c2ccccc2)C(c2ccc(F)cc2)=N1)NS(N)(=O)=O. The molecule has 0 saturated carbocycles. The van der Waals surface area contributed by atoms with E-state index in [0.717, 1.165) is 5.56 Å². The molecule has 10 nitrogen and oxygen atoms in total. The van der Waals surface area contributed by atoms with Gasteiger partial charge in [0.05, 0.1) is 23.7 Å². The molecule has 0 amide bonds. The Balaban J connectivity index is 1.73. The van der Waals surface area contributed by atoms with E-state index in [2.05, 4.69) is 19.5 Å². The zero-order valence-electron chi connectivity index (χ0n) is 20.7. The van der Waals surface area contributed by atoms with Gasteiger partial charge in [-0.3, -0.25) is 0 Å². The summed E-state index contributed by atoms with van der Waals surface area (Å²) in [5, 5.41) is 11.5. The van der Waals surface area contributed by atoms with E-state index in [9.17, 15) is 21.2 Å². The third-order valence-electron chi connectivity index (χ3n) is 5.73. The average Bonchev–Trinajstić information content (AvgIpc) is 3.32. The van der Waals surface area contributed by atoms with E-state index in [1.165, 1.54) is 48.3 Å². The Morgan fingerprint density at radius 2 is 1.72 bits per heavy atom. The van der Waals surface area contributed by atoms with Crippen LogP contribution in [-0.4, -0.2) is 52.6 Å². The summed E-state index contributed by atoms with van der Waals surface area (Å²) < 4.78 is 67.7. The molecule has 4 N–H and O–H groups in total. The molecule has 206 valence electrons. The van der Waals surface area contributed by atoms with Crippen LogP contribution in [0.1, 0.15) is 24.0 Å². The van der Waals surface area contributed by atoms with Crippen LogP contribution in [0.4, 0.5) is 4.39 Å². The quantitative estimate of drug-likeness (QED) is 0.272. The molecule has 3 aromatic rings. The summed E-state index contributed by atoms with van der Waals surface area (Å²) in [5.74, 6) is -0.840. The lowest BCUT2D eigenvalue weighted by molar-refractivity contribution is 0.459. The van der Waals surface area contributed by atoms with E-state index >= 15 is 0 Å². The topological polar surface area (TPSA) is 146 Å². The first-order chi connectivity index (χ1) is 18.4. The number of nitrogens with zero attached hydrogens (tertiary/aromatic N) is 3. The van der Waals surface area contributed by atoms with Crippen LogP contribution in [0.2, 0.25) is 5.02 Å². The van der Waals surface area contributed by atoms with Crippen molar-refractivity contribution in [2.75, 3.05) is 13.1 Å². The smallest absolute Gasteiger partial charge is 0.249 e.